The van der Waals surface area contributed by atoms with E-state index in [2.05, 4.69) is 11.4 Å². The van der Waals surface area contributed by atoms with Gasteiger partial charge in [0.1, 0.15) is 0 Å². The topological polar surface area (TPSA) is 72.4 Å². The van der Waals surface area contributed by atoms with E-state index >= 15 is 0 Å². The van der Waals surface area contributed by atoms with Crippen molar-refractivity contribution in [3.63, 3.8) is 0 Å². The van der Waals surface area contributed by atoms with Gasteiger partial charge in [-0.25, -0.2) is 0 Å². The second kappa shape index (κ2) is 30.1. The van der Waals surface area contributed by atoms with Gasteiger partial charge in [-0.15, -0.1) is 0 Å². The molecule has 0 aromatic rings. The van der Waals surface area contributed by atoms with E-state index in [-0.39, 0.29) is 65.7 Å². The minimum Gasteiger partial charge on any atom is -0.790 e. The molecule has 0 amide bonds. The predicted molar refractivity (Wildman–Crippen MR) is 121 cm³/mol. The predicted octanol–water partition coefficient (Wildman–Crippen LogP) is 1.44. The van der Waals surface area contributed by atoms with Crippen molar-refractivity contribution in [3.8, 4) is 0 Å². The second-order valence-corrected chi connectivity index (χ2v) is 9.86. The first-order valence-electron chi connectivity index (χ1n) is 12.7. The SMILES string of the molecule is CCCCCCCCCCCCCCCCCCCCCCCCOP(=O)([O-])[O-].[Na+].[Na+]. The summed E-state index contributed by atoms with van der Waals surface area (Å²) >= 11 is 0. The minimum absolute atomic E-state index is 0. The van der Waals surface area contributed by atoms with E-state index in [4.69, 9.17) is 0 Å². The van der Waals surface area contributed by atoms with E-state index in [1.165, 1.54) is 122 Å². The first-order valence-corrected chi connectivity index (χ1v) is 14.2. The summed E-state index contributed by atoms with van der Waals surface area (Å²) in [5.41, 5.74) is 0. The van der Waals surface area contributed by atoms with Crippen molar-refractivity contribution in [1.29, 1.82) is 0 Å². The fraction of sp³-hybridized carbons (Fsp3) is 1.00. The van der Waals surface area contributed by atoms with E-state index in [0.717, 1.165) is 12.8 Å². The minimum atomic E-state index is -4.76. The Morgan fingerprint density at radius 1 is 0.484 bits per heavy atom. The van der Waals surface area contributed by atoms with Crippen LogP contribution in [-0.2, 0) is 9.09 Å². The van der Waals surface area contributed by atoms with Crippen LogP contribution in [0.1, 0.15) is 148 Å². The third kappa shape index (κ3) is 36.8. The van der Waals surface area contributed by atoms with Gasteiger partial charge in [0, 0.05) is 0 Å². The molecular weight excluding hydrogens is 429 g/mol. The van der Waals surface area contributed by atoms with Gasteiger partial charge in [-0.2, -0.15) is 0 Å². The van der Waals surface area contributed by atoms with Gasteiger partial charge in [0.15, 0.2) is 0 Å². The molecule has 0 rings (SSSR count). The van der Waals surface area contributed by atoms with Gasteiger partial charge in [0.2, 0.25) is 0 Å². The molecule has 0 aliphatic heterocycles. The van der Waals surface area contributed by atoms with Gasteiger partial charge >= 0.3 is 59.1 Å². The second-order valence-electron chi connectivity index (χ2n) is 8.71. The number of rotatable bonds is 24. The zero-order chi connectivity index (χ0) is 21.5. The molecule has 31 heavy (non-hydrogen) atoms. The summed E-state index contributed by atoms with van der Waals surface area (Å²) in [5, 5.41) is 0. The van der Waals surface area contributed by atoms with E-state index in [9.17, 15) is 14.4 Å². The smallest absolute Gasteiger partial charge is 0.790 e. The molecule has 0 saturated carbocycles. The van der Waals surface area contributed by atoms with Crippen LogP contribution in [0.25, 0.3) is 0 Å². The first-order chi connectivity index (χ1) is 14.1. The number of phosphoric ester groups is 1. The molecule has 176 valence electrons. The van der Waals surface area contributed by atoms with Crippen LogP contribution >= 0.6 is 7.82 Å². The Kier molecular flexibility index (Phi) is 36.6. The van der Waals surface area contributed by atoms with Gasteiger partial charge < -0.3 is 18.9 Å². The Morgan fingerprint density at radius 3 is 0.935 bits per heavy atom. The third-order valence-electron chi connectivity index (χ3n) is 5.75. The fourth-order valence-corrected chi connectivity index (χ4v) is 4.24. The van der Waals surface area contributed by atoms with Crippen LogP contribution in [0.5, 0.6) is 0 Å². The zero-order valence-corrected chi connectivity index (χ0v) is 26.2. The van der Waals surface area contributed by atoms with Gasteiger partial charge in [0.25, 0.3) is 0 Å². The third-order valence-corrected chi connectivity index (χ3v) is 6.25. The summed E-state index contributed by atoms with van der Waals surface area (Å²) in [4.78, 5) is 20.6. The van der Waals surface area contributed by atoms with Gasteiger partial charge in [-0.05, 0) is 6.42 Å². The van der Waals surface area contributed by atoms with Crippen molar-refractivity contribution in [1.82, 2.24) is 0 Å². The van der Waals surface area contributed by atoms with Crippen molar-refractivity contribution < 1.29 is 78.0 Å². The summed E-state index contributed by atoms with van der Waals surface area (Å²) in [7, 11) is -4.76. The number of phosphoric acid groups is 1. The standard InChI is InChI=1S/C24H51O4P.2Na/c1-2-3-4-5-6-7-8-9-10-11-12-13-14-15-16-17-18-19-20-21-22-23-24-28-29(25,26)27;;/h2-24H2,1H3,(H2,25,26,27);;/q;2*+1/p-2. The van der Waals surface area contributed by atoms with Crippen molar-refractivity contribution >= 4 is 7.82 Å². The normalized spacial score (nSPS) is 11.2. The van der Waals surface area contributed by atoms with Crippen LogP contribution < -0.4 is 68.9 Å². The summed E-state index contributed by atoms with van der Waals surface area (Å²) < 4.78 is 14.5. The molecule has 0 radical (unpaired) electrons. The van der Waals surface area contributed by atoms with Crippen LogP contribution in [0.3, 0.4) is 0 Å². The van der Waals surface area contributed by atoms with E-state index in [1.807, 2.05) is 0 Å². The Labute approximate surface area is 238 Å². The average molecular weight is 479 g/mol. The Hall–Kier alpha value is 2.11. The molecule has 0 spiro atoms. The number of unbranched alkanes of at least 4 members (excludes halogenated alkanes) is 21. The average Bonchev–Trinajstić information content (AvgIpc) is 2.67. The van der Waals surface area contributed by atoms with E-state index in [0.29, 0.717) is 6.42 Å². The summed E-state index contributed by atoms with van der Waals surface area (Å²) in [5.74, 6) is 0. The van der Waals surface area contributed by atoms with Crippen LogP contribution in [0.2, 0.25) is 0 Å². The van der Waals surface area contributed by atoms with Crippen molar-refractivity contribution in [2.24, 2.45) is 0 Å². The van der Waals surface area contributed by atoms with Crippen molar-refractivity contribution in [3.05, 3.63) is 0 Å². The fourth-order valence-electron chi connectivity index (χ4n) is 3.89. The maximum atomic E-state index is 10.3. The quantitative estimate of drug-likeness (QED) is 0.120. The monoisotopic (exact) mass is 478 g/mol. The molecule has 0 aliphatic rings. The maximum absolute atomic E-state index is 10.3. The van der Waals surface area contributed by atoms with Crippen LogP contribution in [-0.4, -0.2) is 6.61 Å². The Balaban J connectivity index is -0.00000392. The molecule has 0 aliphatic carbocycles. The molecule has 0 aromatic heterocycles. The zero-order valence-electron chi connectivity index (χ0n) is 21.3. The molecular formula is C24H49Na2O4P. The Morgan fingerprint density at radius 2 is 0.710 bits per heavy atom. The number of hydrogen-bond donors (Lipinski definition) is 0. The maximum Gasteiger partial charge on any atom is 1.00 e. The van der Waals surface area contributed by atoms with E-state index in [1.54, 1.807) is 0 Å². The number of hydrogen-bond acceptors (Lipinski definition) is 4. The van der Waals surface area contributed by atoms with Crippen LogP contribution in [0.15, 0.2) is 0 Å². The van der Waals surface area contributed by atoms with Crippen molar-refractivity contribution in [2.45, 2.75) is 148 Å². The summed E-state index contributed by atoms with van der Waals surface area (Å²) in [6, 6.07) is 0. The van der Waals surface area contributed by atoms with Crippen molar-refractivity contribution in [2.75, 3.05) is 6.61 Å². The first kappa shape index (κ1) is 37.7. The molecule has 7 heteroatoms. The summed E-state index contributed by atoms with van der Waals surface area (Å²) in [6.07, 6.45) is 29.1. The molecule has 4 nitrogen and oxygen atoms in total. The van der Waals surface area contributed by atoms with Crippen LogP contribution in [0.4, 0.5) is 0 Å². The molecule has 0 atom stereocenters. The summed E-state index contributed by atoms with van der Waals surface area (Å²) in [6.45, 7) is 2.33. The largest absolute Gasteiger partial charge is 1.00 e. The molecule has 0 bridgehead atoms. The molecule has 0 fully saturated rings. The molecule has 0 unspecified atom stereocenters. The van der Waals surface area contributed by atoms with Crippen LogP contribution in [0, 0.1) is 0 Å². The van der Waals surface area contributed by atoms with E-state index < -0.39 is 7.82 Å². The molecule has 0 aromatic carbocycles. The Bertz CT molecular complexity index is 367. The van der Waals surface area contributed by atoms with Gasteiger partial charge in [-0.1, -0.05) is 142 Å². The molecule has 0 saturated heterocycles. The van der Waals surface area contributed by atoms with Gasteiger partial charge in [-0.3, -0.25) is 0 Å². The van der Waals surface area contributed by atoms with Gasteiger partial charge in [0.05, 0.1) is 14.4 Å². The molecule has 0 heterocycles. The molecule has 0 N–H and O–H groups in total.